The first-order valence-corrected chi connectivity index (χ1v) is 8.75. The molecule has 1 N–H and O–H groups in total. The van der Waals surface area contributed by atoms with E-state index in [1.54, 1.807) is 13.1 Å². The van der Waals surface area contributed by atoms with Crippen LogP contribution in [0.1, 0.15) is 32.8 Å². The number of nitrogens with one attached hydrogen (secondary N) is 1. The fraction of sp³-hybridized carbons (Fsp3) is 0.400. The molecule has 6 heteroatoms. The van der Waals surface area contributed by atoms with Gasteiger partial charge in [0.15, 0.2) is 5.79 Å². The number of rotatable bonds is 6. The molecule has 26 heavy (non-hydrogen) atoms. The van der Waals surface area contributed by atoms with Gasteiger partial charge in [-0.1, -0.05) is 30.3 Å². The van der Waals surface area contributed by atoms with E-state index in [2.05, 4.69) is 10.5 Å². The van der Waals surface area contributed by atoms with Crippen molar-refractivity contribution in [2.24, 2.45) is 5.10 Å². The Morgan fingerprint density at radius 1 is 1.27 bits per heavy atom. The lowest BCUT2D eigenvalue weighted by Crippen LogP contribution is -2.33. The van der Waals surface area contributed by atoms with Gasteiger partial charge in [0.05, 0.1) is 32.0 Å². The Kier molecular flexibility index (Phi) is 5.54. The highest BCUT2D eigenvalue weighted by Gasteiger charge is 2.33. The summed E-state index contributed by atoms with van der Waals surface area (Å²) in [5, 5.41) is 6.21. The number of benzene rings is 2. The van der Waals surface area contributed by atoms with Crippen molar-refractivity contribution in [3.63, 3.8) is 0 Å². The van der Waals surface area contributed by atoms with Crippen LogP contribution in [0.15, 0.2) is 41.5 Å². The van der Waals surface area contributed by atoms with Gasteiger partial charge in [-0.05, 0) is 37.6 Å². The van der Waals surface area contributed by atoms with Crippen LogP contribution in [-0.2, 0) is 14.3 Å². The number of hydrogen-bond acceptors (Lipinski definition) is 5. The molecule has 1 aliphatic rings. The van der Waals surface area contributed by atoms with Gasteiger partial charge in [0.25, 0.3) is 0 Å². The highest BCUT2D eigenvalue weighted by atomic mass is 16.7. The van der Waals surface area contributed by atoms with E-state index >= 15 is 0 Å². The normalized spacial score (nSPS) is 16.5. The average Bonchev–Trinajstić information content (AvgIpc) is 3.02. The summed E-state index contributed by atoms with van der Waals surface area (Å²) in [4.78, 5) is 12.1. The molecule has 1 saturated heterocycles. The SMILES string of the molecule is CC(C)Oc1ccc2ccccc2c1C=NNC(=O)CC1(C)OCCO1. The van der Waals surface area contributed by atoms with Gasteiger partial charge >= 0.3 is 0 Å². The van der Waals surface area contributed by atoms with Gasteiger partial charge < -0.3 is 14.2 Å². The van der Waals surface area contributed by atoms with Crippen LogP contribution in [0.4, 0.5) is 0 Å². The van der Waals surface area contributed by atoms with Crippen LogP contribution < -0.4 is 10.2 Å². The number of carbonyl (C=O) groups excluding carboxylic acids is 1. The van der Waals surface area contributed by atoms with E-state index in [9.17, 15) is 4.79 Å². The van der Waals surface area contributed by atoms with Crippen LogP contribution in [0.3, 0.4) is 0 Å². The molecule has 2 aromatic rings. The quantitative estimate of drug-likeness (QED) is 0.637. The Morgan fingerprint density at radius 3 is 2.73 bits per heavy atom. The predicted octanol–water partition coefficient (Wildman–Crippen LogP) is 3.23. The van der Waals surface area contributed by atoms with Gasteiger partial charge in [-0.25, -0.2) is 5.43 Å². The molecule has 1 heterocycles. The van der Waals surface area contributed by atoms with Crippen molar-refractivity contribution in [2.45, 2.75) is 39.1 Å². The first-order chi connectivity index (χ1) is 12.5. The third-order valence-electron chi connectivity index (χ3n) is 4.06. The van der Waals surface area contributed by atoms with Crippen molar-refractivity contribution in [1.29, 1.82) is 0 Å². The molecule has 0 atom stereocenters. The van der Waals surface area contributed by atoms with Crippen molar-refractivity contribution in [1.82, 2.24) is 5.43 Å². The molecule has 0 saturated carbocycles. The molecular weight excluding hydrogens is 332 g/mol. The van der Waals surface area contributed by atoms with E-state index in [1.807, 2.05) is 50.2 Å². The van der Waals surface area contributed by atoms with E-state index in [0.29, 0.717) is 13.2 Å². The lowest BCUT2D eigenvalue weighted by Gasteiger charge is -2.20. The van der Waals surface area contributed by atoms with Crippen LogP contribution in [0, 0.1) is 0 Å². The molecule has 0 spiro atoms. The standard InChI is InChI=1S/C20H24N2O4/c1-14(2)26-18-9-8-15-6-4-5-7-16(15)17(18)13-21-22-19(23)12-20(3)24-10-11-25-20/h4-9,13-14H,10-12H2,1-3H3,(H,22,23). The zero-order valence-electron chi connectivity index (χ0n) is 15.3. The fourth-order valence-corrected chi connectivity index (χ4v) is 2.92. The number of fused-ring (bicyclic) bond motifs is 1. The molecule has 1 amide bonds. The van der Waals surface area contributed by atoms with Crippen LogP contribution in [0.25, 0.3) is 10.8 Å². The van der Waals surface area contributed by atoms with Gasteiger partial charge in [-0.3, -0.25) is 4.79 Å². The Labute approximate surface area is 153 Å². The van der Waals surface area contributed by atoms with Crippen molar-refractivity contribution >= 4 is 22.9 Å². The number of hydrogen-bond donors (Lipinski definition) is 1. The van der Waals surface area contributed by atoms with Crippen molar-refractivity contribution < 1.29 is 19.0 Å². The van der Waals surface area contributed by atoms with Gasteiger partial charge in [-0.15, -0.1) is 0 Å². The summed E-state index contributed by atoms with van der Waals surface area (Å²) in [6.45, 7) is 6.70. The van der Waals surface area contributed by atoms with Crippen molar-refractivity contribution in [3.8, 4) is 5.75 Å². The molecule has 6 nitrogen and oxygen atoms in total. The minimum Gasteiger partial charge on any atom is -0.490 e. The van der Waals surface area contributed by atoms with E-state index in [1.165, 1.54) is 0 Å². The Balaban J connectivity index is 1.77. The monoisotopic (exact) mass is 356 g/mol. The number of carbonyl (C=O) groups is 1. The van der Waals surface area contributed by atoms with Gasteiger partial charge in [0.2, 0.25) is 5.91 Å². The highest BCUT2D eigenvalue weighted by molar-refractivity contribution is 6.02. The second-order valence-corrected chi connectivity index (χ2v) is 6.67. The molecule has 138 valence electrons. The maximum Gasteiger partial charge on any atom is 0.245 e. The Bertz CT molecular complexity index is 811. The molecule has 0 unspecified atom stereocenters. The lowest BCUT2D eigenvalue weighted by atomic mass is 10.0. The highest BCUT2D eigenvalue weighted by Crippen LogP contribution is 2.27. The topological polar surface area (TPSA) is 69.2 Å². The van der Waals surface area contributed by atoms with E-state index in [-0.39, 0.29) is 18.4 Å². The number of hydrazone groups is 1. The minimum atomic E-state index is -0.870. The lowest BCUT2D eigenvalue weighted by molar-refractivity contribution is -0.159. The maximum atomic E-state index is 12.1. The Morgan fingerprint density at radius 2 is 2.00 bits per heavy atom. The van der Waals surface area contributed by atoms with Crippen LogP contribution in [0.2, 0.25) is 0 Å². The molecule has 0 aliphatic carbocycles. The molecule has 1 fully saturated rings. The summed E-state index contributed by atoms with van der Waals surface area (Å²) in [6.07, 6.45) is 1.75. The molecular formula is C20H24N2O4. The maximum absolute atomic E-state index is 12.1. The summed E-state index contributed by atoms with van der Waals surface area (Å²) in [5.41, 5.74) is 3.37. The summed E-state index contributed by atoms with van der Waals surface area (Å²) in [5.74, 6) is -0.409. The average molecular weight is 356 g/mol. The van der Waals surface area contributed by atoms with Crippen LogP contribution in [-0.4, -0.2) is 37.2 Å². The second kappa shape index (κ2) is 7.85. The zero-order chi connectivity index (χ0) is 18.6. The molecule has 0 bridgehead atoms. The van der Waals surface area contributed by atoms with E-state index in [0.717, 1.165) is 22.1 Å². The molecule has 0 aromatic heterocycles. The number of nitrogens with zero attached hydrogens (tertiary/aromatic N) is 1. The summed E-state index contributed by atoms with van der Waals surface area (Å²) in [6, 6.07) is 11.9. The first-order valence-electron chi connectivity index (χ1n) is 8.75. The third kappa shape index (κ3) is 4.39. The molecule has 2 aromatic carbocycles. The molecule has 1 aliphatic heterocycles. The van der Waals surface area contributed by atoms with Crippen LogP contribution >= 0.6 is 0 Å². The smallest absolute Gasteiger partial charge is 0.245 e. The van der Waals surface area contributed by atoms with Crippen molar-refractivity contribution in [3.05, 3.63) is 42.0 Å². The number of ether oxygens (including phenoxy) is 3. The van der Waals surface area contributed by atoms with E-state index < -0.39 is 5.79 Å². The van der Waals surface area contributed by atoms with Gasteiger partial charge in [0, 0.05) is 5.56 Å². The Hall–Kier alpha value is -2.44. The predicted molar refractivity (Wildman–Crippen MR) is 100 cm³/mol. The van der Waals surface area contributed by atoms with Gasteiger partial charge in [-0.2, -0.15) is 5.10 Å². The van der Waals surface area contributed by atoms with Crippen LogP contribution in [0.5, 0.6) is 5.75 Å². The summed E-state index contributed by atoms with van der Waals surface area (Å²) < 4.78 is 16.8. The largest absolute Gasteiger partial charge is 0.490 e. The summed E-state index contributed by atoms with van der Waals surface area (Å²) >= 11 is 0. The zero-order valence-corrected chi connectivity index (χ0v) is 15.3. The summed E-state index contributed by atoms with van der Waals surface area (Å²) in [7, 11) is 0. The van der Waals surface area contributed by atoms with Gasteiger partial charge in [0.1, 0.15) is 5.75 Å². The molecule has 3 rings (SSSR count). The number of amides is 1. The minimum absolute atomic E-state index is 0.0366. The molecule has 0 radical (unpaired) electrons. The van der Waals surface area contributed by atoms with Crippen molar-refractivity contribution in [2.75, 3.05) is 13.2 Å². The fourth-order valence-electron chi connectivity index (χ4n) is 2.92. The van der Waals surface area contributed by atoms with E-state index in [4.69, 9.17) is 14.2 Å². The first kappa shape index (κ1) is 18.4. The third-order valence-corrected chi connectivity index (χ3v) is 4.06. The second-order valence-electron chi connectivity index (χ2n) is 6.67.